The third-order valence-electron chi connectivity index (χ3n) is 5.63. The van der Waals surface area contributed by atoms with Gasteiger partial charge in [-0.2, -0.15) is 0 Å². The second-order valence-electron chi connectivity index (χ2n) is 8.20. The molecule has 0 aliphatic carbocycles. The fraction of sp³-hybridized carbons (Fsp3) is 0.222. The van der Waals surface area contributed by atoms with Crippen LogP contribution in [-0.2, 0) is 16.1 Å². The number of nitrogens with zero attached hydrogens (tertiary/aromatic N) is 2. The second-order valence-corrected chi connectivity index (χ2v) is 8.20. The predicted octanol–water partition coefficient (Wildman–Crippen LogP) is 4.10. The first kappa shape index (κ1) is 23.8. The molecule has 0 spiro atoms. The summed E-state index contributed by atoms with van der Waals surface area (Å²) in [5, 5.41) is 5.69. The Labute approximate surface area is 204 Å². The quantitative estimate of drug-likeness (QED) is 0.542. The summed E-state index contributed by atoms with van der Waals surface area (Å²) in [7, 11) is 0. The SMILES string of the molecule is CCOc1ccc(CNC(=O)CN2C(=O)CN(C(=O)Nc3ccc(C)cc3)c3ccccc32)cc1. The number of ether oxygens (including phenoxy) is 1. The highest BCUT2D eigenvalue weighted by Crippen LogP contribution is 2.33. The molecule has 0 saturated heterocycles. The Balaban J connectivity index is 1.42. The average molecular weight is 473 g/mol. The van der Waals surface area contributed by atoms with Gasteiger partial charge < -0.3 is 15.4 Å². The molecule has 0 saturated carbocycles. The first-order chi connectivity index (χ1) is 16.9. The monoisotopic (exact) mass is 472 g/mol. The van der Waals surface area contributed by atoms with Crippen molar-refractivity contribution in [2.75, 3.05) is 34.8 Å². The number of hydrogen-bond donors (Lipinski definition) is 2. The van der Waals surface area contributed by atoms with Gasteiger partial charge in [-0.3, -0.25) is 19.4 Å². The molecule has 1 aliphatic heterocycles. The van der Waals surface area contributed by atoms with E-state index < -0.39 is 6.03 Å². The zero-order chi connectivity index (χ0) is 24.8. The zero-order valence-electron chi connectivity index (χ0n) is 19.8. The van der Waals surface area contributed by atoms with Crippen molar-refractivity contribution in [2.45, 2.75) is 20.4 Å². The third kappa shape index (κ3) is 5.78. The van der Waals surface area contributed by atoms with Gasteiger partial charge in [0, 0.05) is 12.2 Å². The summed E-state index contributed by atoms with van der Waals surface area (Å²) < 4.78 is 5.43. The topological polar surface area (TPSA) is 91.0 Å². The number of aryl methyl sites for hydroxylation is 1. The lowest BCUT2D eigenvalue weighted by Gasteiger charge is -2.35. The summed E-state index contributed by atoms with van der Waals surface area (Å²) >= 11 is 0. The minimum atomic E-state index is -0.408. The molecule has 4 rings (SSSR count). The Morgan fingerprint density at radius 3 is 2.31 bits per heavy atom. The van der Waals surface area contributed by atoms with Crippen LogP contribution in [0.15, 0.2) is 72.8 Å². The summed E-state index contributed by atoms with van der Waals surface area (Å²) in [4.78, 5) is 41.4. The maximum Gasteiger partial charge on any atom is 0.326 e. The molecule has 0 fully saturated rings. The van der Waals surface area contributed by atoms with Crippen LogP contribution in [0.2, 0.25) is 0 Å². The molecular formula is C27H28N4O4. The molecule has 8 heteroatoms. The van der Waals surface area contributed by atoms with Crippen LogP contribution in [0.5, 0.6) is 5.75 Å². The zero-order valence-corrected chi connectivity index (χ0v) is 19.8. The molecule has 3 aromatic carbocycles. The van der Waals surface area contributed by atoms with E-state index in [1.54, 1.807) is 24.3 Å². The van der Waals surface area contributed by atoms with Crippen LogP contribution >= 0.6 is 0 Å². The van der Waals surface area contributed by atoms with Crippen molar-refractivity contribution in [3.8, 4) is 5.75 Å². The van der Waals surface area contributed by atoms with Gasteiger partial charge >= 0.3 is 6.03 Å². The smallest absolute Gasteiger partial charge is 0.326 e. The summed E-state index contributed by atoms with van der Waals surface area (Å²) in [6.45, 7) is 4.51. The fourth-order valence-corrected chi connectivity index (χ4v) is 3.81. The number of rotatable bonds is 7. The number of nitrogens with one attached hydrogen (secondary N) is 2. The summed E-state index contributed by atoms with van der Waals surface area (Å²) in [5.41, 5.74) is 3.72. The summed E-state index contributed by atoms with van der Waals surface area (Å²) in [6, 6.07) is 21.6. The van der Waals surface area contributed by atoms with E-state index >= 15 is 0 Å². The molecule has 35 heavy (non-hydrogen) atoms. The highest BCUT2D eigenvalue weighted by atomic mass is 16.5. The van der Waals surface area contributed by atoms with Crippen LogP contribution in [0.3, 0.4) is 0 Å². The number of urea groups is 1. The molecule has 4 amide bonds. The number of fused-ring (bicyclic) bond motifs is 1. The number of amides is 4. The third-order valence-corrected chi connectivity index (χ3v) is 5.63. The van der Waals surface area contributed by atoms with E-state index in [-0.39, 0.29) is 24.9 Å². The Morgan fingerprint density at radius 1 is 0.943 bits per heavy atom. The molecule has 0 aromatic heterocycles. The highest BCUT2D eigenvalue weighted by molar-refractivity contribution is 6.15. The van der Waals surface area contributed by atoms with Crippen LogP contribution in [0.1, 0.15) is 18.1 Å². The maximum atomic E-state index is 13.0. The van der Waals surface area contributed by atoms with Crippen molar-refractivity contribution in [1.29, 1.82) is 0 Å². The van der Waals surface area contributed by atoms with Crippen molar-refractivity contribution >= 4 is 34.9 Å². The standard InChI is InChI=1S/C27H28N4O4/c1-3-35-22-14-10-20(11-15-22)16-28-25(32)17-30-23-6-4-5-7-24(23)31(18-26(30)33)27(34)29-21-12-8-19(2)9-13-21/h4-15H,3,16-18H2,1-2H3,(H,28,32)(H,29,34). The molecular weight excluding hydrogens is 444 g/mol. The van der Waals surface area contributed by atoms with Crippen LogP contribution in [0.4, 0.5) is 21.9 Å². The van der Waals surface area contributed by atoms with Gasteiger partial charge in [0.15, 0.2) is 0 Å². The van der Waals surface area contributed by atoms with Gasteiger partial charge in [0.1, 0.15) is 18.8 Å². The van der Waals surface area contributed by atoms with E-state index in [0.717, 1.165) is 16.9 Å². The van der Waals surface area contributed by atoms with Gasteiger partial charge in [-0.15, -0.1) is 0 Å². The average Bonchev–Trinajstić information content (AvgIpc) is 2.86. The van der Waals surface area contributed by atoms with Gasteiger partial charge in [-0.25, -0.2) is 4.79 Å². The van der Waals surface area contributed by atoms with Gasteiger partial charge in [0.05, 0.1) is 18.0 Å². The van der Waals surface area contributed by atoms with Crippen LogP contribution < -0.4 is 25.2 Å². The lowest BCUT2D eigenvalue weighted by Crippen LogP contribution is -2.51. The van der Waals surface area contributed by atoms with E-state index in [2.05, 4.69) is 10.6 Å². The Bertz CT molecular complexity index is 1210. The van der Waals surface area contributed by atoms with Gasteiger partial charge in [-0.05, 0) is 55.8 Å². The Kier molecular flexibility index (Phi) is 7.30. The molecule has 180 valence electrons. The predicted molar refractivity (Wildman–Crippen MR) is 136 cm³/mol. The van der Waals surface area contributed by atoms with E-state index in [1.807, 2.05) is 62.4 Å². The molecule has 3 aromatic rings. The summed E-state index contributed by atoms with van der Waals surface area (Å²) in [6.07, 6.45) is 0. The van der Waals surface area contributed by atoms with Gasteiger partial charge in [0.2, 0.25) is 11.8 Å². The van der Waals surface area contributed by atoms with Crippen molar-refractivity contribution < 1.29 is 19.1 Å². The first-order valence-electron chi connectivity index (χ1n) is 11.5. The van der Waals surface area contributed by atoms with E-state index in [1.165, 1.54) is 9.80 Å². The number of hydrogen-bond acceptors (Lipinski definition) is 4. The highest BCUT2D eigenvalue weighted by Gasteiger charge is 2.33. The minimum absolute atomic E-state index is 0.139. The van der Waals surface area contributed by atoms with E-state index in [9.17, 15) is 14.4 Å². The van der Waals surface area contributed by atoms with Crippen molar-refractivity contribution in [1.82, 2.24) is 5.32 Å². The number of benzene rings is 3. The van der Waals surface area contributed by atoms with Crippen molar-refractivity contribution in [2.24, 2.45) is 0 Å². The molecule has 1 heterocycles. The molecule has 1 aliphatic rings. The first-order valence-corrected chi connectivity index (χ1v) is 11.5. The molecule has 0 atom stereocenters. The lowest BCUT2D eigenvalue weighted by molar-refractivity contribution is -0.123. The Morgan fingerprint density at radius 2 is 1.63 bits per heavy atom. The molecule has 0 unspecified atom stereocenters. The van der Waals surface area contributed by atoms with Crippen LogP contribution in [0.25, 0.3) is 0 Å². The lowest BCUT2D eigenvalue weighted by atomic mass is 10.1. The number of carbonyl (C=O) groups excluding carboxylic acids is 3. The fourth-order valence-electron chi connectivity index (χ4n) is 3.81. The molecule has 8 nitrogen and oxygen atoms in total. The van der Waals surface area contributed by atoms with Crippen molar-refractivity contribution in [3.05, 3.63) is 83.9 Å². The summed E-state index contributed by atoms with van der Waals surface area (Å²) in [5.74, 6) is 0.146. The minimum Gasteiger partial charge on any atom is -0.494 e. The van der Waals surface area contributed by atoms with Crippen LogP contribution in [0, 0.1) is 6.92 Å². The molecule has 0 bridgehead atoms. The largest absolute Gasteiger partial charge is 0.494 e. The Hall–Kier alpha value is -4.33. The molecule has 0 radical (unpaired) electrons. The number of para-hydroxylation sites is 2. The van der Waals surface area contributed by atoms with Crippen LogP contribution in [-0.4, -0.2) is 37.5 Å². The van der Waals surface area contributed by atoms with Gasteiger partial charge in [0.25, 0.3) is 0 Å². The normalized spacial score (nSPS) is 12.7. The van der Waals surface area contributed by atoms with E-state index in [0.29, 0.717) is 30.2 Å². The van der Waals surface area contributed by atoms with Crippen molar-refractivity contribution in [3.63, 3.8) is 0 Å². The maximum absolute atomic E-state index is 13.0. The molecule has 2 N–H and O–H groups in total. The van der Waals surface area contributed by atoms with E-state index in [4.69, 9.17) is 4.74 Å². The number of anilines is 3. The van der Waals surface area contributed by atoms with Gasteiger partial charge in [-0.1, -0.05) is 42.0 Å². The number of carbonyl (C=O) groups is 3. The second kappa shape index (κ2) is 10.7.